The number of benzene rings is 1. The first-order chi connectivity index (χ1) is 14.5. The zero-order valence-electron chi connectivity index (χ0n) is 17.4. The number of imidazole rings is 1. The molecular weight excluding hydrogens is 384 g/mol. The quantitative estimate of drug-likeness (QED) is 0.683. The number of carbonyl (C=O) groups is 1. The molecule has 1 aliphatic heterocycles. The van der Waals surface area contributed by atoms with Crippen molar-refractivity contribution in [3.8, 4) is 39.8 Å². The zero-order chi connectivity index (χ0) is 21.4. The fourth-order valence-corrected chi connectivity index (χ4v) is 4.16. The number of hydrogen-bond acceptors (Lipinski definition) is 7. The van der Waals surface area contributed by atoms with Crippen LogP contribution in [0.2, 0.25) is 0 Å². The van der Waals surface area contributed by atoms with Crippen LogP contribution in [0.15, 0.2) is 24.3 Å². The van der Waals surface area contributed by atoms with Crippen LogP contribution >= 0.6 is 0 Å². The molecule has 0 saturated carbocycles. The molecule has 3 N–H and O–H groups in total. The van der Waals surface area contributed by atoms with Crippen LogP contribution in [0.25, 0.3) is 22.5 Å². The van der Waals surface area contributed by atoms with Gasteiger partial charge in [0.05, 0.1) is 38.8 Å². The predicted octanol–water partition coefficient (Wildman–Crippen LogP) is 2.98. The molecule has 1 unspecified atom stereocenters. The summed E-state index contributed by atoms with van der Waals surface area (Å²) in [4.78, 5) is 20.6. The minimum absolute atomic E-state index is 0.102. The highest BCUT2D eigenvalue weighted by atomic mass is 16.5. The molecule has 0 fully saturated rings. The van der Waals surface area contributed by atoms with E-state index < -0.39 is 0 Å². The predicted molar refractivity (Wildman–Crippen MR) is 113 cm³/mol. The van der Waals surface area contributed by atoms with Crippen molar-refractivity contribution >= 4 is 11.9 Å². The summed E-state index contributed by atoms with van der Waals surface area (Å²) in [5.41, 5.74) is 10.9. The van der Waals surface area contributed by atoms with Crippen LogP contribution in [0.5, 0.6) is 17.2 Å². The first kappa shape index (κ1) is 19.8. The van der Waals surface area contributed by atoms with Crippen molar-refractivity contribution in [2.75, 3.05) is 27.1 Å². The van der Waals surface area contributed by atoms with E-state index in [1.165, 1.54) is 6.92 Å². The van der Waals surface area contributed by atoms with Gasteiger partial charge in [-0.2, -0.15) is 0 Å². The molecule has 2 aliphatic carbocycles. The molecule has 156 valence electrons. The Bertz CT molecular complexity index is 1100. The average Bonchev–Trinajstić information content (AvgIpc) is 2.90. The molecule has 0 bridgehead atoms. The Kier molecular flexibility index (Phi) is 5.07. The van der Waals surface area contributed by atoms with Gasteiger partial charge in [-0.1, -0.05) is 6.07 Å². The number of anilines is 1. The van der Waals surface area contributed by atoms with Gasteiger partial charge in [-0.15, -0.1) is 0 Å². The summed E-state index contributed by atoms with van der Waals surface area (Å²) >= 11 is 0. The Morgan fingerprint density at radius 3 is 2.47 bits per heavy atom. The number of fused-ring (bicyclic) bond motifs is 4. The molecule has 1 aromatic rings. The lowest BCUT2D eigenvalue weighted by Gasteiger charge is -2.19. The largest absolute Gasteiger partial charge is 0.493 e. The number of methoxy groups -OCH3 is 3. The van der Waals surface area contributed by atoms with E-state index in [2.05, 4.69) is 15.3 Å². The molecule has 1 aromatic carbocycles. The third-order valence-corrected chi connectivity index (χ3v) is 5.38. The van der Waals surface area contributed by atoms with Crippen molar-refractivity contribution in [3.05, 3.63) is 35.4 Å². The molecule has 1 amide bonds. The summed E-state index contributed by atoms with van der Waals surface area (Å²) in [6, 6.07) is 7.56. The number of nitrogens with one attached hydrogen (secondary N) is 1. The third kappa shape index (κ3) is 3.24. The second-order valence-corrected chi connectivity index (χ2v) is 7.17. The summed E-state index contributed by atoms with van der Waals surface area (Å²) in [6.45, 7) is 1.52. The van der Waals surface area contributed by atoms with Crippen molar-refractivity contribution in [3.63, 3.8) is 0 Å². The van der Waals surface area contributed by atoms with Crippen LogP contribution in [0.1, 0.15) is 30.5 Å². The Morgan fingerprint density at radius 2 is 1.80 bits per heavy atom. The van der Waals surface area contributed by atoms with Gasteiger partial charge in [0.15, 0.2) is 11.5 Å². The van der Waals surface area contributed by atoms with Crippen molar-refractivity contribution in [2.24, 2.45) is 0 Å². The third-order valence-electron chi connectivity index (χ3n) is 5.38. The molecule has 30 heavy (non-hydrogen) atoms. The molecule has 1 heterocycles. The van der Waals surface area contributed by atoms with Gasteiger partial charge in [0.2, 0.25) is 17.6 Å². The molecule has 0 aromatic heterocycles. The van der Waals surface area contributed by atoms with E-state index in [0.29, 0.717) is 41.5 Å². The Labute approximate surface area is 174 Å². The van der Waals surface area contributed by atoms with E-state index in [1.54, 1.807) is 21.3 Å². The van der Waals surface area contributed by atoms with Gasteiger partial charge >= 0.3 is 0 Å². The van der Waals surface area contributed by atoms with Crippen LogP contribution in [0.4, 0.5) is 5.95 Å². The molecule has 1 atom stereocenters. The highest BCUT2D eigenvalue weighted by Gasteiger charge is 2.29. The molecule has 8 heteroatoms. The minimum Gasteiger partial charge on any atom is -0.493 e. The lowest BCUT2D eigenvalue weighted by atomic mass is 9.95. The number of nitrogen functional groups attached to an aromatic ring is 1. The number of carbonyl (C=O) groups excluding carboxylic acids is 1. The number of ether oxygens (including phenoxy) is 3. The van der Waals surface area contributed by atoms with Gasteiger partial charge in [-0.25, -0.2) is 9.97 Å². The molecule has 4 rings (SSSR count). The van der Waals surface area contributed by atoms with Gasteiger partial charge in [0.25, 0.3) is 0 Å². The van der Waals surface area contributed by atoms with Gasteiger partial charge in [0, 0.05) is 12.5 Å². The number of aromatic nitrogens is 2. The van der Waals surface area contributed by atoms with Gasteiger partial charge in [0.1, 0.15) is 0 Å². The monoisotopic (exact) mass is 408 g/mol. The van der Waals surface area contributed by atoms with E-state index in [1.807, 2.05) is 24.3 Å². The van der Waals surface area contributed by atoms with Crippen molar-refractivity contribution < 1.29 is 19.0 Å². The lowest BCUT2D eigenvalue weighted by Crippen LogP contribution is -2.26. The summed E-state index contributed by atoms with van der Waals surface area (Å²) < 4.78 is 16.9. The highest BCUT2D eigenvalue weighted by Crippen LogP contribution is 2.50. The first-order valence-corrected chi connectivity index (χ1v) is 9.63. The van der Waals surface area contributed by atoms with Crippen molar-refractivity contribution in [1.29, 1.82) is 0 Å². The normalized spacial score (nSPS) is 15.0. The number of nitrogens with two attached hydrogens (primary N) is 1. The second-order valence-electron chi connectivity index (χ2n) is 7.17. The summed E-state index contributed by atoms with van der Waals surface area (Å²) in [7, 11) is 4.79. The molecule has 0 saturated heterocycles. The summed E-state index contributed by atoms with van der Waals surface area (Å²) in [5, 5.41) is 3.07. The Hall–Kier alpha value is -3.55. The van der Waals surface area contributed by atoms with Crippen LogP contribution < -0.4 is 25.3 Å². The van der Waals surface area contributed by atoms with Crippen LogP contribution in [0.3, 0.4) is 0 Å². The molecule has 8 nitrogen and oxygen atoms in total. The maximum Gasteiger partial charge on any atom is 0.221 e. The highest BCUT2D eigenvalue weighted by molar-refractivity contribution is 5.84. The SMILES string of the molecule is COc1cc2c(c(OC)c1OC)-c1ccc3nc(N)nc-3cc1C(NC(C)=O)CC2. The maximum absolute atomic E-state index is 12.0. The van der Waals surface area contributed by atoms with Crippen LogP contribution in [0, 0.1) is 0 Å². The lowest BCUT2D eigenvalue weighted by molar-refractivity contribution is -0.119. The average molecular weight is 408 g/mol. The van der Waals surface area contributed by atoms with Crippen molar-refractivity contribution in [1.82, 2.24) is 15.3 Å². The number of hydrogen-bond donors (Lipinski definition) is 2. The maximum atomic E-state index is 12.0. The number of amides is 1. The second kappa shape index (κ2) is 7.70. The Balaban J connectivity index is 2.07. The standard InChI is InChI=1S/C22H24N4O4/c1-11(27)24-15-7-5-12-9-18(28-2)20(29-3)21(30-4)19(12)13-6-8-16-17(10-14(13)15)26-22(23)25-16/h6,8-10,15H,5,7H2,1-4H3,(H,24,27)(H2,23,25,26). The van der Waals surface area contributed by atoms with Crippen LogP contribution in [-0.2, 0) is 11.2 Å². The fraction of sp³-hybridized carbons (Fsp3) is 0.318. The molecular formula is C22H24N4O4. The van der Waals surface area contributed by atoms with E-state index in [9.17, 15) is 4.79 Å². The van der Waals surface area contributed by atoms with Gasteiger partial charge in [-0.3, -0.25) is 4.79 Å². The zero-order valence-corrected chi connectivity index (χ0v) is 17.4. The fourth-order valence-electron chi connectivity index (χ4n) is 4.16. The number of aryl methyl sites for hydroxylation is 1. The minimum atomic E-state index is -0.208. The molecule has 0 radical (unpaired) electrons. The number of nitrogens with zero attached hydrogens (tertiary/aromatic N) is 2. The summed E-state index contributed by atoms with van der Waals surface area (Å²) in [6.07, 6.45) is 1.42. The van der Waals surface area contributed by atoms with E-state index >= 15 is 0 Å². The topological polar surface area (TPSA) is 109 Å². The van der Waals surface area contributed by atoms with E-state index in [4.69, 9.17) is 19.9 Å². The molecule has 3 aliphatic rings. The molecule has 0 spiro atoms. The smallest absolute Gasteiger partial charge is 0.221 e. The first-order valence-electron chi connectivity index (χ1n) is 9.63. The van der Waals surface area contributed by atoms with Crippen molar-refractivity contribution in [2.45, 2.75) is 25.8 Å². The van der Waals surface area contributed by atoms with E-state index in [0.717, 1.165) is 22.3 Å². The summed E-state index contributed by atoms with van der Waals surface area (Å²) in [5.74, 6) is 1.83. The van der Waals surface area contributed by atoms with E-state index in [-0.39, 0.29) is 17.9 Å². The number of rotatable bonds is 4. The van der Waals surface area contributed by atoms with Gasteiger partial charge < -0.3 is 25.3 Å². The van der Waals surface area contributed by atoms with Gasteiger partial charge in [-0.05, 0) is 47.7 Å². The Morgan fingerprint density at radius 1 is 1.07 bits per heavy atom. The van der Waals surface area contributed by atoms with Crippen LogP contribution in [-0.4, -0.2) is 37.2 Å².